The van der Waals surface area contributed by atoms with Crippen LogP contribution in [0.4, 0.5) is 0 Å². The van der Waals surface area contributed by atoms with Crippen LogP contribution >= 0.6 is 0 Å². The van der Waals surface area contributed by atoms with Crippen LogP contribution in [0.2, 0.25) is 0 Å². The molecule has 0 aliphatic heterocycles. The van der Waals surface area contributed by atoms with Gasteiger partial charge in [0.2, 0.25) is 0 Å². The van der Waals surface area contributed by atoms with Crippen molar-refractivity contribution in [1.29, 1.82) is 0 Å². The largest absolute Gasteiger partial charge is 1.00 e. The SMILES string of the molecule is CN(C[C@H](Cc1ccccc1)N(C[C@H](c1ccccc1)N(CCc1ccccc1)N=O)N=O)N=O.[Na+]. The standard InChI is InChI=1S/C26H30N6O3.Na/c1-30(27-33)20-25(19-23-13-7-3-8-14-23)32(29-35)21-26(24-15-9-4-10-16-24)31(28-34)18-17-22-11-5-2-6-12-22;/h2-16,25-26H,17-21H2,1H3;/q;+1/t25-,26+;/m0./s1. The molecule has 0 fully saturated rings. The van der Waals surface area contributed by atoms with Crippen LogP contribution < -0.4 is 29.6 Å². The number of rotatable bonds is 15. The average Bonchev–Trinajstić information content (AvgIpc) is 2.92. The smallest absolute Gasteiger partial charge is 0.262 e. The summed E-state index contributed by atoms with van der Waals surface area (Å²) in [4.78, 5) is 35.2. The second-order valence-corrected chi connectivity index (χ2v) is 8.38. The van der Waals surface area contributed by atoms with Gasteiger partial charge in [0, 0.05) is 13.6 Å². The Morgan fingerprint density at radius 1 is 0.667 bits per heavy atom. The molecule has 0 unspecified atom stereocenters. The van der Waals surface area contributed by atoms with Gasteiger partial charge in [-0.1, -0.05) is 91.0 Å². The summed E-state index contributed by atoms with van der Waals surface area (Å²) >= 11 is 0. The molecule has 0 bridgehead atoms. The van der Waals surface area contributed by atoms with Crippen LogP contribution in [0.1, 0.15) is 22.7 Å². The van der Waals surface area contributed by atoms with E-state index in [1.807, 2.05) is 91.0 Å². The molecule has 3 rings (SSSR count). The fourth-order valence-electron chi connectivity index (χ4n) is 4.10. The van der Waals surface area contributed by atoms with E-state index in [-0.39, 0.29) is 42.6 Å². The van der Waals surface area contributed by atoms with Crippen LogP contribution in [0.3, 0.4) is 0 Å². The second kappa shape index (κ2) is 15.8. The summed E-state index contributed by atoms with van der Waals surface area (Å²) in [5.41, 5.74) is 2.92. The maximum atomic E-state index is 12.1. The Morgan fingerprint density at radius 3 is 1.72 bits per heavy atom. The monoisotopic (exact) mass is 497 g/mol. The Kier molecular flexibility index (Phi) is 12.7. The molecule has 36 heavy (non-hydrogen) atoms. The van der Waals surface area contributed by atoms with E-state index in [1.165, 1.54) is 15.0 Å². The summed E-state index contributed by atoms with van der Waals surface area (Å²) in [5.74, 6) is 0. The molecule has 0 N–H and O–H groups in total. The van der Waals surface area contributed by atoms with Crippen molar-refractivity contribution in [2.45, 2.75) is 24.9 Å². The van der Waals surface area contributed by atoms with Gasteiger partial charge >= 0.3 is 29.6 Å². The molecule has 0 aromatic heterocycles. The number of hydrogen-bond acceptors (Lipinski definition) is 6. The van der Waals surface area contributed by atoms with Gasteiger partial charge in [-0.2, -0.15) is 0 Å². The minimum absolute atomic E-state index is 0. The Balaban J connectivity index is 0.00000456. The molecule has 0 aliphatic carbocycles. The van der Waals surface area contributed by atoms with Gasteiger partial charge in [0.15, 0.2) is 0 Å². The van der Waals surface area contributed by atoms with Crippen molar-refractivity contribution in [3.63, 3.8) is 0 Å². The molecular formula is C26H30N6NaO3+. The van der Waals surface area contributed by atoms with E-state index in [9.17, 15) is 14.7 Å². The summed E-state index contributed by atoms with van der Waals surface area (Å²) in [5, 5.41) is 13.7. The molecule has 0 aliphatic rings. The van der Waals surface area contributed by atoms with Crippen molar-refractivity contribution >= 4 is 0 Å². The van der Waals surface area contributed by atoms with E-state index in [2.05, 4.69) is 15.9 Å². The van der Waals surface area contributed by atoms with Crippen molar-refractivity contribution in [3.05, 3.63) is 122 Å². The van der Waals surface area contributed by atoms with Gasteiger partial charge in [-0.3, -0.25) is 15.0 Å². The van der Waals surface area contributed by atoms with Gasteiger partial charge in [-0.15, -0.1) is 14.7 Å². The van der Waals surface area contributed by atoms with Crippen molar-refractivity contribution in [3.8, 4) is 0 Å². The molecule has 10 heteroatoms. The first-order chi connectivity index (χ1) is 17.1. The van der Waals surface area contributed by atoms with Crippen LogP contribution in [-0.2, 0) is 12.8 Å². The first-order valence-corrected chi connectivity index (χ1v) is 11.5. The fraction of sp³-hybridized carbons (Fsp3) is 0.308. The van der Waals surface area contributed by atoms with E-state index in [1.54, 1.807) is 7.05 Å². The normalized spacial score (nSPS) is 11.9. The van der Waals surface area contributed by atoms with Crippen molar-refractivity contribution in [2.75, 3.05) is 26.7 Å². The summed E-state index contributed by atoms with van der Waals surface area (Å²) in [6.07, 6.45) is 1.10. The number of nitroso groups, excluding NO2 is 3. The predicted octanol–water partition coefficient (Wildman–Crippen LogP) is 2.17. The quantitative estimate of drug-likeness (QED) is 0.181. The summed E-state index contributed by atoms with van der Waals surface area (Å²) < 4.78 is 0. The third kappa shape index (κ3) is 8.82. The Morgan fingerprint density at radius 2 is 1.19 bits per heavy atom. The molecule has 0 spiro atoms. The maximum absolute atomic E-state index is 12.1. The summed E-state index contributed by atoms with van der Waals surface area (Å²) in [7, 11) is 1.56. The van der Waals surface area contributed by atoms with Crippen LogP contribution in [0.5, 0.6) is 0 Å². The Bertz CT molecular complexity index is 1050. The zero-order chi connectivity index (χ0) is 24.9. The molecule has 9 nitrogen and oxygen atoms in total. The number of nitrogens with zero attached hydrogens (tertiary/aromatic N) is 6. The maximum Gasteiger partial charge on any atom is 1.00 e. The van der Waals surface area contributed by atoms with Gasteiger partial charge in [0.25, 0.3) is 0 Å². The molecule has 0 heterocycles. The van der Waals surface area contributed by atoms with Gasteiger partial charge in [0.05, 0.1) is 41.0 Å². The molecule has 182 valence electrons. The predicted molar refractivity (Wildman–Crippen MR) is 137 cm³/mol. The molecule has 0 radical (unpaired) electrons. The molecule has 0 saturated carbocycles. The van der Waals surface area contributed by atoms with Gasteiger partial charge in [0.1, 0.15) is 0 Å². The molecule has 0 saturated heterocycles. The minimum atomic E-state index is -0.511. The topological polar surface area (TPSA) is 98.0 Å². The Labute approximate surface area is 233 Å². The zero-order valence-electron chi connectivity index (χ0n) is 20.8. The summed E-state index contributed by atoms with van der Waals surface area (Å²) in [6.45, 7) is 0.696. The third-order valence-electron chi connectivity index (χ3n) is 5.94. The average molecular weight is 498 g/mol. The van der Waals surface area contributed by atoms with E-state index in [0.29, 0.717) is 19.4 Å². The number of benzene rings is 3. The van der Waals surface area contributed by atoms with Crippen molar-refractivity contribution in [1.82, 2.24) is 15.0 Å². The van der Waals surface area contributed by atoms with Crippen molar-refractivity contribution < 1.29 is 29.6 Å². The van der Waals surface area contributed by atoms with Crippen LogP contribution in [0.25, 0.3) is 0 Å². The first kappa shape index (κ1) is 29.1. The van der Waals surface area contributed by atoms with E-state index < -0.39 is 12.1 Å². The third-order valence-corrected chi connectivity index (χ3v) is 5.94. The van der Waals surface area contributed by atoms with Gasteiger partial charge in [-0.05, 0) is 29.5 Å². The Hall–Kier alpha value is -3.14. The number of hydrogen-bond donors (Lipinski definition) is 0. The fourth-order valence-corrected chi connectivity index (χ4v) is 4.10. The minimum Gasteiger partial charge on any atom is -0.262 e. The molecule has 2 atom stereocenters. The van der Waals surface area contributed by atoms with Crippen molar-refractivity contribution in [2.24, 2.45) is 15.9 Å². The van der Waals surface area contributed by atoms with Crippen LogP contribution in [-0.4, -0.2) is 47.8 Å². The second-order valence-electron chi connectivity index (χ2n) is 8.38. The van der Waals surface area contributed by atoms with E-state index >= 15 is 0 Å². The molecule has 3 aromatic rings. The first-order valence-electron chi connectivity index (χ1n) is 11.5. The van der Waals surface area contributed by atoms with E-state index in [4.69, 9.17) is 0 Å². The molecule has 3 aromatic carbocycles. The zero-order valence-corrected chi connectivity index (χ0v) is 22.8. The summed E-state index contributed by atoms with van der Waals surface area (Å²) in [6, 6.07) is 28.0. The van der Waals surface area contributed by atoms with Crippen LogP contribution in [0, 0.1) is 14.7 Å². The van der Waals surface area contributed by atoms with E-state index in [0.717, 1.165) is 16.7 Å². The molecular weight excluding hydrogens is 467 g/mol. The molecule has 0 amide bonds. The number of likely N-dealkylation sites (N-methyl/N-ethyl adjacent to an activating group) is 1. The van der Waals surface area contributed by atoms with Gasteiger partial charge < -0.3 is 0 Å². The van der Waals surface area contributed by atoms with Gasteiger partial charge in [-0.25, -0.2) is 0 Å². The van der Waals surface area contributed by atoms with Crippen LogP contribution in [0.15, 0.2) is 107 Å².